The van der Waals surface area contributed by atoms with E-state index in [2.05, 4.69) is 0 Å². The molecule has 0 bridgehead atoms. The minimum absolute atomic E-state index is 0.138. The SMILES string of the molecule is CSCC[C@H](N)C(=O)N1CC(O)CC1C(N)=O. The average molecular weight is 261 g/mol. The highest BCUT2D eigenvalue weighted by Crippen LogP contribution is 2.19. The summed E-state index contributed by atoms with van der Waals surface area (Å²) in [6.07, 6.45) is 2.00. The van der Waals surface area contributed by atoms with Crippen molar-refractivity contribution in [2.45, 2.75) is 31.0 Å². The van der Waals surface area contributed by atoms with Crippen molar-refractivity contribution in [1.82, 2.24) is 4.90 Å². The Hall–Kier alpha value is -0.790. The molecule has 0 aliphatic carbocycles. The number of amides is 2. The molecule has 2 amide bonds. The quantitative estimate of drug-likeness (QED) is 0.559. The van der Waals surface area contributed by atoms with Gasteiger partial charge in [0.2, 0.25) is 11.8 Å². The minimum atomic E-state index is -0.724. The van der Waals surface area contributed by atoms with Gasteiger partial charge in [-0.25, -0.2) is 0 Å². The van der Waals surface area contributed by atoms with E-state index in [0.717, 1.165) is 5.75 Å². The first-order valence-corrected chi connectivity index (χ1v) is 6.89. The predicted molar refractivity (Wildman–Crippen MR) is 66.3 cm³/mol. The van der Waals surface area contributed by atoms with Crippen LogP contribution in [0.5, 0.6) is 0 Å². The first kappa shape index (κ1) is 14.3. The Kier molecular flexibility index (Phi) is 5.23. The lowest BCUT2D eigenvalue weighted by Crippen LogP contribution is -2.50. The Morgan fingerprint density at radius 3 is 2.76 bits per heavy atom. The summed E-state index contributed by atoms with van der Waals surface area (Å²) >= 11 is 1.61. The molecule has 2 unspecified atom stereocenters. The van der Waals surface area contributed by atoms with E-state index in [1.807, 2.05) is 6.26 Å². The third kappa shape index (κ3) is 3.58. The summed E-state index contributed by atoms with van der Waals surface area (Å²) in [7, 11) is 0. The molecule has 0 spiro atoms. The number of nitrogens with zero attached hydrogens (tertiary/aromatic N) is 1. The number of primary amides is 1. The second kappa shape index (κ2) is 6.23. The summed E-state index contributed by atoms with van der Waals surface area (Å²) < 4.78 is 0. The highest BCUT2D eigenvalue weighted by molar-refractivity contribution is 7.98. The fraction of sp³-hybridized carbons (Fsp3) is 0.800. The number of hydrogen-bond acceptors (Lipinski definition) is 5. The van der Waals surface area contributed by atoms with Gasteiger partial charge in [-0.15, -0.1) is 0 Å². The molecule has 17 heavy (non-hydrogen) atoms. The second-order valence-corrected chi connectivity index (χ2v) is 5.17. The van der Waals surface area contributed by atoms with Crippen molar-refractivity contribution in [3.63, 3.8) is 0 Å². The maximum atomic E-state index is 12.0. The molecule has 3 atom stereocenters. The summed E-state index contributed by atoms with van der Waals surface area (Å²) in [5.74, 6) is -0.115. The number of rotatable bonds is 5. The molecule has 5 N–H and O–H groups in total. The first-order valence-electron chi connectivity index (χ1n) is 5.49. The number of thioether (sulfide) groups is 1. The van der Waals surface area contributed by atoms with Crippen LogP contribution in [0.25, 0.3) is 0 Å². The van der Waals surface area contributed by atoms with Crippen LogP contribution in [0.1, 0.15) is 12.8 Å². The molecule has 1 aliphatic heterocycles. The Balaban J connectivity index is 2.63. The van der Waals surface area contributed by atoms with Crippen LogP contribution in [0.2, 0.25) is 0 Å². The zero-order valence-electron chi connectivity index (χ0n) is 9.83. The molecule has 0 aromatic heterocycles. The molecule has 1 rings (SSSR count). The lowest BCUT2D eigenvalue weighted by molar-refractivity contribution is -0.138. The molecule has 0 radical (unpaired) electrons. The first-order chi connectivity index (χ1) is 7.97. The smallest absolute Gasteiger partial charge is 0.240 e. The lowest BCUT2D eigenvalue weighted by atomic mass is 10.1. The Bertz CT molecular complexity index is 301. The highest BCUT2D eigenvalue weighted by Gasteiger charge is 2.39. The number of carbonyl (C=O) groups excluding carboxylic acids is 2. The summed E-state index contributed by atoms with van der Waals surface area (Å²) in [5, 5.41) is 9.48. The maximum absolute atomic E-state index is 12.0. The minimum Gasteiger partial charge on any atom is -0.391 e. The van der Waals surface area contributed by atoms with Crippen LogP contribution in [-0.2, 0) is 9.59 Å². The van der Waals surface area contributed by atoms with E-state index in [-0.39, 0.29) is 18.9 Å². The normalized spacial score (nSPS) is 25.9. The van der Waals surface area contributed by atoms with Gasteiger partial charge in [0.25, 0.3) is 0 Å². The fourth-order valence-corrected chi connectivity index (χ4v) is 2.40. The standard InChI is InChI=1S/C10H19N3O3S/c1-17-3-2-7(11)10(16)13-5-6(14)4-8(13)9(12)15/h6-8,14H,2-5,11H2,1H3,(H2,12,15)/t6?,7-,8?/m0/s1. The molecule has 0 aromatic rings. The Labute approximate surface area is 105 Å². The van der Waals surface area contributed by atoms with Crippen molar-refractivity contribution < 1.29 is 14.7 Å². The molecule has 1 aliphatic rings. The average Bonchev–Trinajstić information content (AvgIpc) is 2.67. The molecule has 1 saturated heterocycles. The van der Waals surface area contributed by atoms with Crippen molar-refractivity contribution in [2.24, 2.45) is 11.5 Å². The third-order valence-corrected chi connectivity index (χ3v) is 3.48. The fourth-order valence-electron chi connectivity index (χ4n) is 1.91. The number of β-amino-alcohol motifs (C(OH)–C–C–N with tert-alkyl or cyclic N) is 1. The molecule has 1 heterocycles. The van der Waals surface area contributed by atoms with Crippen molar-refractivity contribution >= 4 is 23.6 Å². The topological polar surface area (TPSA) is 110 Å². The number of aliphatic hydroxyl groups excluding tert-OH is 1. The van der Waals surface area contributed by atoms with Gasteiger partial charge in [-0.3, -0.25) is 9.59 Å². The zero-order chi connectivity index (χ0) is 13.0. The van der Waals surface area contributed by atoms with E-state index < -0.39 is 24.1 Å². The monoisotopic (exact) mass is 261 g/mol. The Morgan fingerprint density at radius 2 is 2.24 bits per heavy atom. The summed E-state index contributed by atoms with van der Waals surface area (Å²) in [4.78, 5) is 24.5. The van der Waals surface area contributed by atoms with Crippen molar-refractivity contribution in [3.05, 3.63) is 0 Å². The van der Waals surface area contributed by atoms with Crippen molar-refractivity contribution in [1.29, 1.82) is 0 Å². The van der Waals surface area contributed by atoms with Crippen LogP contribution >= 0.6 is 11.8 Å². The van der Waals surface area contributed by atoms with Gasteiger partial charge in [-0.05, 0) is 18.4 Å². The molecule has 0 aromatic carbocycles. The summed E-state index contributed by atoms with van der Waals surface area (Å²) in [5.41, 5.74) is 11.0. The van der Waals surface area contributed by atoms with E-state index in [0.29, 0.717) is 6.42 Å². The largest absolute Gasteiger partial charge is 0.391 e. The zero-order valence-corrected chi connectivity index (χ0v) is 10.7. The van der Waals surface area contributed by atoms with Gasteiger partial charge in [-0.2, -0.15) is 11.8 Å². The van der Waals surface area contributed by atoms with Crippen LogP contribution in [0, 0.1) is 0 Å². The van der Waals surface area contributed by atoms with Crippen LogP contribution in [-0.4, -0.2) is 58.6 Å². The van der Waals surface area contributed by atoms with Gasteiger partial charge in [0.05, 0.1) is 12.1 Å². The summed E-state index contributed by atoms with van der Waals surface area (Å²) in [6.45, 7) is 0.138. The molecular weight excluding hydrogens is 242 g/mol. The van der Waals surface area contributed by atoms with Crippen LogP contribution < -0.4 is 11.5 Å². The van der Waals surface area contributed by atoms with Crippen molar-refractivity contribution in [3.8, 4) is 0 Å². The van der Waals surface area contributed by atoms with Crippen LogP contribution in [0.4, 0.5) is 0 Å². The number of aliphatic hydroxyl groups is 1. The van der Waals surface area contributed by atoms with Crippen LogP contribution in [0.15, 0.2) is 0 Å². The van der Waals surface area contributed by atoms with E-state index >= 15 is 0 Å². The Morgan fingerprint density at radius 1 is 1.59 bits per heavy atom. The predicted octanol–water partition coefficient (Wildman–Crippen LogP) is -1.49. The van der Waals surface area contributed by atoms with Gasteiger partial charge in [0, 0.05) is 13.0 Å². The number of hydrogen-bond donors (Lipinski definition) is 3. The van der Waals surface area contributed by atoms with Gasteiger partial charge < -0.3 is 21.5 Å². The number of nitrogens with two attached hydrogens (primary N) is 2. The molecule has 0 saturated carbocycles. The van der Waals surface area contributed by atoms with E-state index in [1.165, 1.54) is 4.90 Å². The molecular formula is C10H19N3O3S. The second-order valence-electron chi connectivity index (χ2n) is 4.19. The van der Waals surface area contributed by atoms with E-state index in [9.17, 15) is 14.7 Å². The molecule has 1 fully saturated rings. The van der Waals surface area contributed by atoms with Gasteiger partial charge in [-0.1, -0.05) is 0 Å². The van der Waals surface area contributed by atoms with E-state index in [4.69, 9.17) is 11.5 Å². The third-order valence-electron chi connectivity index (χ3n) is 2.84. The number of likely N-dealkylation sites (tertiary alicyclic amines) is 1. The van der Waals surface area contributed by atoms with Crippen molar-refractivity contribution in [2.75, 3.05) is 18.6 Å². The van der Waals surface area contributed by atoms with Gasteiger partial charge in [0.15, 0.2) is 0 Å². The summed E-state index contributed by atoms with van der Waals surface area (Å²) in [6, 6.07) is -1.35. The maximum Gasteiger partial charge on any atom is 0.240 e. The lowest BCUT2D eigenvalue weighted by Gasteiger charge is -2.25. The van der Waals surface area contributed by atoms with Gasteiger partial charge in [0.1, 0.15) is 6.04 Å². The molecule has 6 nitrogen and oxygen atoms in total. The molecule has 98 valence electrons. The highest BCUT2D eigenvalue weighted by atomic mass is 32.2. The van der Waals surface area contributed by atoms with Gasteiger partial charge >= 0.3 is 0 Å². The number of carbonyl (C=O) groups is 2. The molecule has 7 heteroatoms. The van der Waals surface area contributed by atoms with E-state index in [1.54, 1.807) is 11.8 Å². The van der Waals surface area contributed by atoms with Crippen LogP contribution in [0.3, 0.4) is 0 Å².